The number of nitrogens with one attached hydrogen (secondary N) is 1. The van der Waals surface area contributed by atoms with Crippen molar-refractivity contribution < 1.29 is 9.72 Å². The van der Waals surface area contributed by atoms with E-state index >= 15 is 0 Å². The number of nitrogens with zero attached hydrogens (tertiary/aromatic N) is 3. The summed E-state index contributed by atoms with van der Waals surface area (Å²) in [6, 6.07) is 13.9. The van der Waals surface area contributed by atoms with Crippen LogP contribution in [0.1, 0.15) is 11.1 Å². The van der Waals surface area contributed by atoms with Gasteiger partial charge >= 0.3 is 0 Å². The average molecular weight is 352 g/mol. The first-order valence-corrected chi connectivity index (χ1v) is 7.95. The zero-order valence-corrected chi connectivity index (χ0v) is 14.6. The molecule has 0 heterocycles. The third kappa shape index (κ3) is 5.86. The van der Waals surface area contributed by atoms with Crippen molar-refractivity contribution in [3.63, 3.8) is 0 Å². The summed E-state index contributed by atoms with van der Waals surface area (Å²) in [5.41, 5.74) is 5.24. The fraction of sp³-hybridized carbons (Fsp3) is 0.158. The van der Waals surface area contributed by atoms with Gasteiger partial charge in [0.15, 0.2) is 0 Å². The lowest BCUT2D eigenvalue weighted by Crippen LogP contribution is -2.19. The van der Waals surface area contributed by atoms with Crippen molar-refractivity contribution in [2.24, 2.45) is 5.10 Å². The van der Waals surface area contributed by atoms with Gasteiger partial charge in [0.05, 0.1) is 11.3 Å². The third-order valence-electron chi connectivity index (χ3n) is 3.56. The van der Waals surface area contributed by atoms with Crippen LogP contribution in [0.2, 0.25) is 0 Å². The molecule has 0 aromatic heterocycles. The number of hydrogen-bond acceptors (Lipinski definition) is 5. The van der Waals surface area contributed by atoms with Crippen LogP contribution >= 0.6 is 0 Å². The summed E-state index contributed by atoms with van der Waals surface area (Å²) in [6.07, 6.45) is 5.21. The summed E-state index contributed by atoms with van der Waals surface area (Å²) < 4.78 is 0. The van der Waals surface area contributed by atoms with Crippen LogP contribution in [-0.2, 0) is 11.2 Å². The summed E-state index contributed by atoms with van der Waals surface area (Å²) in [5, 5.41) is 14.4. The lowest BCUT2D eigenvalue weighted by atomic mass is 10.1. The van der Waals surface area contributed by atoms with Gasteiger partial charge in [-0.1, -0.05) is 30.3 Å². The Morgan fingerprint density at radius 1 is 1.15 bits per heavy atom. The zero-order valence-electron chi connectivity index (χ0n) is 14.6. The molecular formula is C19H20N4O3. The average Bonchev–Trinajstić information content (AvgIpc) is 2.62. The Morgan fingerprint density at radius 3 is 2.38 bits per heavy atom. The Labute approximate surface area is 151 Å². The largest absolute Gasteiger partial charge is 0.378 e. The topological polar surface area (TPSA) is 87.8 Å². The fourth-order valence-corrected chi connectivity index (χ4v) is 2.15. The van der Waals surface area contributed by atoms with Crippen LogP contribution < -0.4 is 10.3 Å². The van der Waals surface area contributed by atoms with E-state index in [4.69, 9.17) is 0 Å². The lowest BCUT2D eigenvalue weighted by Gasteiger charge is -2.11. The Kier molecular flexibility index (Phi) is 6.61. The van der Waals surface area contributed by atoms with Gasteiger partial charge in [0.2, 0.25) is 5.91 Å². The number of hydrogen-bond donors (Lipinski definition) is 1. The number of non-ortho nitro benzene ring substituents is 1. The highest BCUT2D eigenvalue weighted by molar-refractivity contribution is 5.82. The van der Waals surface area contributed by atoms with Gasteiger partial charge in [0, 0.05) is 38.1 Å². The predicted molar refractivity (Wildman–Crippen MR) is 103 cm³/mol. The number of hydrazone groups is 1. The Morgan fingerprint density at radius 2 is 1.81 bits per heavy atom. The second kappa shape index (κ2) is 9.12. The number of amides is 1. The van der Waals surface area contributed by atoms with E-state index in [0.29, 0.717) is 5.56 Å². The van der Waals surface area contributed by atoms with E-state index in [1.165, 1.54) is 18.3 Å². The molecule has 134 valence electrons. The molecule has 7 nitrogen and oxygen atoms in total. The Bertz CT molecular complexity index is 810. The normalized spacial score (nSPS) is 11.0. The molecule has 7 heteroatoms. The van der Waals surface area contributed by atoms with Crippen molar-refractivity contribution in [3.8, 4) is 0 Å². The minimum atomic E-state index is -0.478. The highest BCUT2D eigenvalue weighted by Crippen LogP contribution is 2.13. The van der Waals surface area contributed by atoms with E-state index in [2.05, 4.69) is 10.5 Å². The van der Waals surface area contributed by atoms with Crippen LogP contribution in [0.15, 0.2) is 59.7 Å². The zero-order chi connectivity index (χ0) is 18.9. The molecule has 0 saturated carbocycles. The maximum atomic E-state index is 11.8. The molecule has 2 aromatic rings. The first-order valence-electron chi connectivity index (χ1n) is 7.95. The van der Waals surface area contributed by atoms with Crippen LogP contribution in [0, 0.1) is 10.1 Å². The van der Waals surface area contributed by atoms with Crippen LogP contribution in [0.5, 0.6) is 0 Å². The molecular weight excluding hydrogens is 332 g/mol. The molecule has 0 aliphatic heterocycles. The smallest absolute Gasteiger partial charge is 0.269 e. The fourth-order valence-electron chi connectivity index (χ4n) is 2.15. The highest BCUT2D eigenvalue weighted by atomic mass is 16.6. The highest BCUT2D eigenvalue weighted by Gasteiger charge is 2.06. The molecule has 0 aliphatic rings. The maximum Gasteiger partial charge on any atom is 0.269 e. The van der Waals surface area contributed by atoms with Gasteiger partial charge in [-0.25, -0.2) is 5.43 Å². The minimum absolute atomic E-state index is 0.00377. The number of carbonyl (C=O) groups is 1. The van der Waals surface area contributed by atoms with Gasteiger partial charge < -0.3 is 4.90 Å². The quantitative estimate of drug-likeness (QED) is 0.471. The molecule has 1 amide bonds. The molecule has 0 spiro atoms. The van der Waals surface area contributed by atoms with E-state index < -0.39 is 4.92 Å². The maximum absolute atomic E-state index is 11.8. The van der Waals surface area contributed by atoms with E-state index in [9.17, 15) is 14.9 Å². The summed E-state index contributed by atoms with van der Waals surface area (Å²) in [4.78, 5) is 23.9. The van der Waals surface area contributed by atoms with Crippen molar-refractivity contribution in [2.75, 3.05) is 19.0 Å². The molecule has 2 aromatic carbocycles. The Balaban J connectivity index is 1.80. The van der Waals surface area contributed by atoms with Gasteiger partial charge in [0.25, 0.3) is 5.69 Å². The van der Waals surface area contributed by atoms with E-state index in [0.717, 1.165) is 11.3 Å². The predicted octanol–water partition coefficient (Wildman–Crippen LogP) is 3.02. The molecule has 0 fully saturated rings. The van der Waals surface area contributed by atoms with Gasteiger partial charge in [-0.2, -0.15) is 5.10 Å². The molecule has 26 heavy (non-hydrogen) atoms. The molecule has 0 saturated heterocycles. The van der Waals surface area contributed by atoms with Crippen molar-refractivity contribution >= 4 is 29.6 Å². The Hall–Kier alpha value is -3.48. The van der Waals surface area contributed by atoms with E-state index in [1.54, 1.807) is 18.2 Å². The second-order valence-electron chi connectivity index (χ2n) is 5.76. The number of carbonyl (C=O) groups excluding carboxylic acids is 1. The molecule has 0 radical (unpaired) electrons. The first kappa shape index (κ1) is 18.9. The summed E-state index contributed by atoms with van der Waals surface area (Å²) >= 11 is 0. The van der Waals surface area contributed by atoms with Gasteiger partial charge in [-0.15, -0.1) is 0 Å². The van der Waals surface area contributed by atoms with Crippen molar-refractivity contribution in [2.45, 2.75) is 6.42 Å². The molecule has 0 atom stereocenters. The number of benzene rings is 2. The van der Waals surface area contributed by atoms with Crippen molar-refractivity contribution in [1.82, 2.24) is 5.43 Å². The van der Waals surface area contributed by atoms with E-state index in [-0.39, 0.29) is 18.0 Å². The van der Waals surface area contributed by atoms with Crippen LogP contribution in [0.3, 0.4) is 0 Å². The first-order chi connectivity index (χ1) is 12.5. The van der Waals surface area contributed by atoms with Crippen LogP contribution in [0.4, 0.5) is 11.4 Å². The van der Waals surface area contributed by atoms with E-state index in [1.807, 2.05) is 49.3 Å². The summed E-state index contributed by atoms with van der Waals surface area (Å²) in [6.45, 7) is 0. The monoisotopic (exact) mass is 352 g/mol. The van der Waals surface area contributed by atoms with Gasteiger partial charge in [-0.05, 0) is 29.3 Å². The number of anilines is 1. The number of nitro groups is 1. The lowest BCUT2D eigenvalue weighted by molar-refractivity contribution is -0.384. The van der Waals surface area contributed by atoms with Crippen molar-refractivity contribution in [3.05, 3.63) is 75.8 Å². The van der Waals surface area contributed by atoms with Gasteiger partial charge in [-0.3, -0.25) is 14.9 Å². The SMILES string of the molecule is CN(C)c1ccc(/C=C/C=N/NC(=O)Cc2ccc([N+](=O)[O-])cc2)cc1. The number of nitro benzene ring substituents is 1. The molecule has 2 rings (SSSR count). The summed E-state index contributed by atoms with van der Waals surface area (Å²) in [7, 11) is 3.97. The molecule has 0 aliphatic carbocycles. The second-order valence-corrected chi connectivity index (χ2v) is 5.76. The standard InChI is InChI=1S/C19H20N4O3/c1-22(2)17-9-5-15(6-10-17)4-3-13-20-21-19(24)14-16-7-11-18(12-8-16)23(25)26/h3-13H,14H2,1-2H3,(H,21,24)/b4-3+,20-13+. The third-order valence-corrected chi connectivity index (χ3v) is 3.56. The summed E-state index contributed by atoms with van der Waals surface area (Å²) in [5.74, 6) is -0.293. The minimum Gasteiger partial charge on any atom is -0.378 e. The van der Waals surface area contributed by atoms with Crippen molar-refractivity contribution in [1.29, 1.82) is 0 Å². The van der Waals surface area contributed by atoms with Gasteiger partial charge in [0.1, 0.15) is 0 Å². The van der Waals surface area contributed by atoms with Crippen LogP contribution in [-0.4, -0.2) is 31.1 Å². The molecule has 1 N–H and O–H groups in total. The molecule has 0 unspecified atom stereocenters. The number of allylic oxidation sites excluding steroid dienone is 1. The van der Waals surface area contributed by atoms with Crippen LogP contribution in [0.25, 0.3) is 6.08 Å². The molecule has 0 bridgehead atoms. The number of rotatable bonds is 7.